The fraction of sp³-hybridized carbons (Fsp3) is 0.273. The normalized spacial score (nSPS) is 11.6. The average Bonchev–Trinajstić information content (AvgIpc) is 3.22. The van der Waals surface area contributed by atoms with Gasteiger partial charge in [-0.1, -0.05) is 37.3 Å². The van der Waals surface area contributed by atoms with Crippen LogP contribution < -0.4 is 15.4 Å². The summed E-state index contributed by atoms with van der Waals surface area (Å²) in [5, 5.41) is 10.3. The summed E-state index contributed by atoms with van der Waals surface area (Å²) >= 11 is 0. The second-order valence-corrected chi connectivity index (χ2v) is 6.51. The molecule has 1 atom stereocenters. The molecule has 3 aromatic rings. The largest absolute Gasteiger partial charge is 0.497 e. The summed E-state index contributed by atoms with van der Waals surface area (Å²) < 4.78 is 7.02. The van der Waals surface area contributed by atoms with Crippen molar-refractivity contribution in [3.8, 4) is 11.4 Å². The lowest BCUT2D eigenvalue weighted by Crippen LogP contribution is -2.38. The Hall–Kier alpha value is -3.28. The van der Waals surface area contributed by atoms with Gasteiger partial charge >= 0.3 is 6.03 Å². The number of para-hydroxylation sites is 1. The number of hydrogen-bond donors (Lipinski definition) is 2. The van der Waals surface area contributed by atoms with E-state index < -0.39 is 0 Å². The zero-order valence-corrected chi connectivity index (χ0v) is 16.3. The van der Waals surface area contributed by atoms with Gasteiger partial charge in [0.2, 0.25) is 0 Å². The molecule has 28 heavy (non-hydrogen) atoms. The van der Waals surface area contributed by atoms with Crippen LogP contribution in [0.1, 0.15) is 30.5 Å². The zero-order valence-electron chi connectivity index (χ0n) is 16.3. The average molecular weight is 378 g/mol. The van der Waals surface area contributed by atoms with Crippen LogP contribution in [0.3, 0.4) is 0 Å². The summed E-state index contributed by atoms with van der Waals surface area (Å²) in [4.78, 5) is 12.3. The summed E-state index contributed by atoms with van der Waals surface area (Å²) in [5.74, 6) is 0.805. The van der Waals surface area contributed by atoms with Crippen LogP contribution in [0.5, 0.6) is 5.75 Å². The Morgan fingerprint density at radius 3 is 2.57 bits per heavy atom. The van der Waals surface area contributed by atoms with Gasteiger partial charge in [-0.2, -0.15) is 5.10 Å². The molecule has 0 radical (unpaired) electrons. The van der Waals surface area contributed by atoms with E-state index >= 15 is 0 Å². The maximum Gasteiger partial charge on any atom is 0.315 e. The molecule has 0 spiro atoms. The molecule has 1 aromatic heterocycles. The number of hydrogen-bond acceptors (Lipinski definition) is 3. The number of rotatable bonds is 8. The van der Waals surface area contributed by atoms with E-state index in [1.165, 1.54) is 0 Å². The molecule has 3 rings (SSSR count). The molecular formula is C22H26N4O2. The van der Waals surface area contributed by atoms with E-state index in [4.69, 9.17) is 4.74 Å². The van der Waals surface area contributed by atoms with Crippen molar-refractivity contribution in [1.82, 2.24) is 20.4 Å². The SMILES string of the molecule is CCC(NC(=O)NCCc1cnn(-c2ccccc2)c1)c1ccc(OC)cc1. The zero-order chi connectivity index (χ0) is 19.8. The van der Waals surface area contributed by atoms with Crippen LogP contribution in [0.15, 0.2) is 67.0 Å². The minimum atomic E-state index is -0.168. The Morgan fingerprint density at radius 1 is 1.14 bits per heavy atom. The first-order valence-electron chi connectivity index (χ1n) is 9.47. The Labute approximate surface area is 165 Å². The molecule has 0 bridgehead atoms. The molecule has 6 nitrogen and oxygen atoms in total. The number of nitrogens with zero attached hydrogens (tertiary/aromatic N) is 2. The van der Waals surface area contributed by atoms with Crippen molar-refractivity contribution >= 4 is 6.03 Å². The van der Waals surface area contributed by atoms with Crippen molar-refractivity contribution in [3.63, 3.8) is 0 Å². The fourth-order valence-electron chi connectivity index (χ4n) is 3.00. The molecule has 6 heteroatoms. The molecule has 0 saturated heterocycles. The van der Waals surface area contributed by atoms with E-state index in [0.29, 0.717) is 6.54 Å². The lowest BCUT2D eigenvalue weighted by Gasteiger charge is -2.18. The molecule has 2 aromatic carbocycles. The van der Waals surface area contributed by atoms with Gasteiger partial charge in [-0.25, -0.2) is 9.48 Å². The minimum Gasteiger partial charge on any atom is -0.497 e. The van der Waals surface area contributed by atoms with E-state index in [-0.39, 0.29) is 12.1 Å². The third kappa shape index (κ3) is 5.13. The predicted molar refractivity (Wildman–Crippen MR) is 110 cm³/mol. The highest BCUT2D eigenvalue weighted by molar-refractivity contribution is 5.74. The number of carbonyl (C=O) groups excluding carboxylic acids is 1. The van der Waals surface area contributed by atoms with Crippen LogP contribution in [0.2, 0.25) is 0 Å². The van der Waals surface area contributed by atoms with Crippen LogP contribution in [-0.4, -0.2) is 29.5 Å². The van der Waals surface area contributed by atoms with Crippen LogP contribution in [0.4, 0.5) is 4.79 Å². The quantitative estimate of drug-likeness (QED) is 0.625. The number of urea groups is 1. The molecule has 0 saturated carbocycles. The number of methoxy groups -OCH3 is 1. The summed E-state index contributed by atoms with van der Waals surface area (Å²) in [6.07, 6.45) is 5.35. The Balaban J connectivity index is 1.48. The van der Waals surface area contributed by atoms with E-state index in [0.717, 1.165) is 35.4 Å². The number of aromatic nitrogens is 2. The van der Waals surface area contributed by atoms with Crippen molar-refractivity contribution in [2.24, 2.45) is 0 Å². The number of amides is 2. The van der Waals surface area contributed by atoms with Crippen molar-refractivity contribution < 1.29 is 9.53 Å². The first kappa shape index (κ1) is 19.5. The molecule has 2 amide bonds. The molecule has 0 aliphatic rings. The van der Waals surface area contributed by atoms with Crippen LogP contribution in [0, 0.1) is 0 Å². The maximum absolute atomic E-state index is 12.3. The smallest absolute Gasteiger partial charge is 0.315 e. The monoisotopic (exact) mass is 378 g/mol. The van der Waals surface area contributed by atoms with Crippen molar-refractivity contribution in [1.29, 1.82) is 0 Å². The van der Waals surface area contributed by atoms with Gasteiger partial charge in [-0.3, -0.25) is 0 Å². The summed E-state index contributed by atoms with van der Waals surface area (Å²) in [6.45, 7) is 2.60. The second-order valence-electron chi connectivity index (χ2n) is 6.51. The minimum absolute atomic E-state index is 0.0354. The van der Waals surface area contributed by atoms with Gasteiger partial charge in [-0.15, -0.1) is 0 Å². The van der Waals surface area contributed by atoms with E-state index in [1.807, 2.05) is 78.6 Å². The highest BCUT2D eigenvalue weighted by atomic mass is 16.5. The van der Waals surface area contributed by atoms with Gasteiger partial charge in [0, 0.05) is 12.7 Å². The molecule has 0 aliphatic carbocycles. The van der Waals surface area contributed by atoms with Gasteiger partial charge in [0.25, 0.3) is 0 Å². The highest BCUT2D eigenvalue weighted by Gasteiger charge is 2.12. The van der Waals surface area contributed by atoms with Crippen LogP contribution >= 0.6 is 0 Å². The lowest BCUT2D eigenvalue weighted by molar-refractivity contribution is 0.237. The standard InChI is InChI=1S/C22H26N4O2/c1-3-21(18-9-11-20(28-2)12-10-18)25-22(27)23-14-13-17-15-24-26(16-17)19-7-5-4-6-8-19/h4-12,15-16,21H,3,13-14H2,1-2H3,(H2,23,25,27). The first-order valence-corrected chi connectivity index (χ1v) is 9.47. The molecule has 1 unspecified atom stereocenters. The topological polar surface area (TPSA) is 68.2 Å². The lowest BCUT2D eigenvalue weighted by atomic mass is 10.0. The molecular weight excluding hydrogens is 352 g/mol. The fourth-order valence-corrected chi connectivity index (χ4v) is 3.00. The first-order chi connectivity index (χ1) is 13.7. The third-order valence-electron chi connectivity index (χ3n) is 4.59. The maximum atomic E-state index is 12.3. The summed E-state index contributed by atoms with van der Waals surface area (Å²) in [5.41, 5.74) is 3.15. The Kier molecular flexibility index (Phi) is 6.68. The van der Waals surface area contributed by atoms with Crippen LogP contribution in [-0.2, 0) is 6.42 Å². The molecule has 2 N–H and O–H groups in total. The predicted octanol–water partition coefficient (Wildman–Crippen LogP) is 3.87. The number of benzene rings is 2. The van der Waals surface area contributed by atoms with Crippen molar-refractivity contribution in [2.75, 3.05) is 13.7 Å². The van der Waals surface area contributed by atoms with Crippen LogP contribution in [0.25, 0.3) is 5.69 Å². The number of nitrogens with one attached hydrogen (secondary N) is 2. The number of carbonyl (C=O) groups is 1. The van der Waals surface area contributed by atoms with E-state index in [1.54, 1.807) is 7.11 Å². The molecule has 0 fully saturated rings. The van der Waals surface area contributed by atoms with Gasteiger partial charge in [0.1, 0.15) is 5.75 Å². The van der Waals surface area contributed by atoms with E-state index in [9.17, 15) is 4.79 Å². The Bertz CT molecular complexity index is 875. The Morgan fingerprint density at radius 2 is 1.89 bits per heavy atom. The van der Waals surface area contributed by atoms with Crippen molar-refractivity contribution in [3.05, 3.63) is 78.1 Å². The molecule has 146 valence electrons. The summed E-state index contributed by atoms with van der Waals surface area (Å²) in [7, 11) is 1.64. The summed E-state index contributed by atoms with van der Waals surface area (Å²) in [6, 6.07) is 17.5. The highest BCUT2D eigenvalue weighted by Crippen LogP contribution is 2.19. The second kappa shape index (κ2) is 9.60. The van der Waals surface area contributed by atoms with Crippen molar-refractivity contribution in [2.45, 2.75) is 25.8 Å². The van der Waals surface area contributed by atoms with E-state index in [2.05, 4.69) is 15.7 Å². The van der Waals surface area contributed by atoms with Gasteiger partial charge in [-0.05, 0) is 48.2 Å². The van der Waals surface area contributed by atoms with Gasteiger partial charge in [0.05, 0.1) is 25.0 Å². The number of ether oxygens (including phenoxy) is 1. The molecule has 1 heterocycles. The van der Waals surface area contributed by atoms with Gasteiger partial charge in [0.15, 0.2) is 0 Å². The third-order valence-corrected chi connectivity index (χ3v) is 4.59. The molecule has 0 aliphatic heterocycles. The van der Waals surface area contributed by atoms with Gasteiger partial charge < -0.3 is 15.4 Å².